The van der Waals surface area contributed by atoms with E-state index in [2.05, 4.69) is 15.7 Å². The number of benzene rings is 2. The van der Waals surface area contributed by atoms with Crippen molar-refractivity contribution in [1.29, 1.82) is 0 Å². The van der Waals surface area contributed by atoms with E-state index in [0.717, 1.165) is 28.1 Å². The molecule has 1 unspecified atom stereocenters. The van der Waals surface area contributed by atoms with Crippen LogP contribution in [0, 0.1) is 27.7 Å². The van der Waals surface area contributed by atoms with Gasteiger partial charge in [-0.1, -0.05) is 35.4 Å². The van der Waals surface area contributed by atoms with E-state index in [1.165, 1.54) is 0 Å². The molecule has 162 valence electrons. The van der Waals surface area contributed by atoms with Gasteiger partial charge in [-0.25, -0.2) is 0 Å². The van der Waals surface area contributed by atoms with Crippen LogP contribution in [0.4, 0.5) is 11.4 Å². The molecule has 0 saturated carbocycles. The summed E-state index contributed by atoms with van der Waals surface area (Å²) in [6.07, 6.45) is 0.282. The number of anilines is 2. The summed E-state index contributed by atoms with van der Waals surface area (Å²) in [4.78, 5) is 25.1. The first-order chi connectivity index (χ1) is 14.6. The van der Waals surface area contributed by atoms with Crippen LogP contribution in [0.5, 0.6) is 0 Å². The molecule has 6 nitrogen and oxygen atoms in total. The number of aryl methyl sites for hydroxylation is 4. The molecule has 0 fully saturated rings. The molecule has 1 atom stereocenters. The third kappa shape index (κ3) is 5.52. The lowest BCUT2D eigenvalue weighted by Gasteiger charge is -2.16. The van der Waals surface area contributed by atoms with E-state index in [4.69, 9.17) is 11.6 Å². The second-order valence-corrected chi connectivity index (χ2v) is 8.29. The molecular formula is C24H27ClN4O2. The van der Waals surface area contributed by atoms with Crippen molar-refractivity contribution in [1.82, 2.24) is 9.78 Å². The summed E-state index contributed by atoms with van der Waals surface area (Å²) in [5, 5.41) is 10.4. The molecule has 0 radical (unpaired) electrons. The summed E-state index contributed by atoms with van der Waals surface area (Å²) < 4.78 is 1.68. The minimum Gasteiger partial charge on any atom is -0.326 e. The van der Waals surface area contributed by atoms with Crippen molar-refractivity contribution in [2.75, 3.05) is 10.6 Å². The molecular weight excluding hydrogens is 412 g/mol. The topological polar surface area (TPSA) is 76.0 Å². The summed E-state index contributed by atoms with van der Waals surface area (Å²) in [7, 11) is 0. The first kappa shape index (κ1) is 22.6. The molecule has 3 aromatic rings. The van der Waals surface area contributed by atoms with Crippen LogP contribution in [-0.2, 0) is 16.0 Å². The van der Waals surface area contributed by atoms with Crippen molar-refractivity contribution in [3.05, 3.63) is 75.6 Å². The van der Waals surface area contributed by atoms with Crippen LogP contribution in [0.25, 0.3) is 0 Å². The highest BCUT2D eigenvalue weighted by atomic mass is 35.5. The molecule has 0 aliphatic carbocycles. The Morgan fingerprint density at radius 2 is 1.77 bits per heavy atom. The van der Waals surface area contributed by atoms with E-state index in [1.807, 2.05) is 52.0 Å². The molecule has 0 saturated heterocycles. The van der Waals surface area contributed by atoms with Crippen molar-refractivity contribution in [3.8, 4) is 0 Å². The molecule has 31 heavy (non-hydrogen) atoms. The Hall–Kier alpha value is -3.12. The second kappa shape index (κ2) is 9.35. The predicted octanol–water partition coefficient (Wildman–Crippen LogP) is 5.15. The molecule has 1 heterocycles. The fraction of sp³-hybridized carbons (Fsp3) is 0.292. The first-order valence-electron chi connectivity index (χ1n) is 10.1. The Kier molecular flexibility index (Phi) is 6.81. The van der Waals surface area contributed by atoms with E-state index in [-0.39, 0.29) is 18.2 Å². The average molecular weight is 439 g/mol. The molecule has 2 aromatic carbocycles. The minimum atomic E-state index is -0.485. The Balaban J connectivity index is 1.65. The number of hydrogen-bond donors (Lipinski definition) is 2. The fourth-order valence-electron chi connectivity index (χ4n) is 3.45. The maximum absolute atomic E-state index is 12.7. The van der Waals surface area contributed by atoms with Crippen molar-refractivity contribution in [3.63, 3.8) is 0 Å². The Bertz CT molecular complexity index is 1140. The highest BCUT2D eigenvalue weighted by Gasteiger charge is 2.19. The van der Waals surface area contributed by atoms with Gasteiger partial charge in [-0.3, -0.25) is 14.3 Å². The summed E-state index contributed by atoms with van der Waals surface area (Å²) in [5.74, 6) is -0.348. The third-order valence-corrected chi connectivity index (χ3v) is 5.47. The summed E-state index contributed by atoms with van der Waals surface area (Å²) in [6.45, 7) is 9.57. The van der Waals surface area contributed by atoms with Gasteiger partial charge in [0.05, 0.1) is 22.8 Å². The fourth-order valence-corrected chi connectivity index (χ4v) is 3.68. The van der Waals surface area contributed by atoms with E-state index in [1.54, 1.807) is 29.8 Å². The van der Waals surface area contributed by atoms with Crippen LogP contribution in [0.1, 0.15) is 41.0 Å². The number of carbonyl (C=O) groups excluding carboxylic acids is 2. The van der Waals surface area contributed by atoms with Gasteiger partial charge in [-0.2, -0.15) is 5.10 Å². The summed E-state index contributed by atoms with van der Waals surface area (Å²) in [5.41, 5.74) is 6.01. The highest BCUT2D eigenvalue weighted by Crippen LogP contribution is 2.27. The van der Waals surface area contributed by atoms with Gasteiger partial charge in [-0.05, 0) is 70.0 Å². The Labute approximate surface area is 187 Å². The lowest BCUT2D eigenvalue weighted by atomic mass is 10.0. The van der Waals surface area contributed by atoms with Gasteiger partial charge >= 0.3 is 0 Å². The maximum Gasteiger partial charge on any atom is 0.248 e. The second-order valence-electron chi connectivity index (χ2n) is 7.89. The quantitative estimate of drug-likeness (QED) is 0.558. The number of rotatable bonds is 6. The zero-order chi connectivity index (χ0) is 22.7. The largest absolute Gasteiger partial charge is 0.326 e. The lowest BCUT2D eigenvalue weighted by molar-refractivity contribution is -0.119. The van der Waals surface area contributed by atoms with Gasteiger partial charge in [0.2, 0.25) is 11.8 Å². The average Bonchev–Trinajstić information content (AvgIpc) is 3.04. The molecule has 2 amide bonds. The number of carbonyl (C=O) groups is 2. The van der Waals surface area contributed by atoms with E-state index < -0.39 is 6.04 Å². The molecule has 0 aliphatic heterocycles. The Morgan fingerprint density at radius 3 is 2.42 bits per heavy atom. The standard InChI is InChI=1S/C24H27ClN4O2/c1-14-6-7-15(2)19(10-14)12-23(30)26-20-8-9-22(21(25)13-20)27-24(31)18(5)29-17(4)11-16(3)28-29/h6-11,13,18H,12H2,1-5H3,(H,26,30)(H,27,31). The van der Waals surface area contributed by atoms with Gasteiger partial charge in [0.15, 0.2) is 0 Å². The molecule has 0 bridgehead atoms. The van der Waals surface area contributed by atoms with Crippen LogP contribution < -0.4 is 10.6 Å². The molecule has 2 N–H and O–H groups in total. The smallest absolute Gasteiger partial charge is 0.248 e. The molecule has 0 spiro atoms. The zero-order valence-electron chi connectivity index (χ0n) is 18.4. The number of nitrogens with zero attached hydrogens (tertiary/aromatic N) is 2. The zero-order valence-corrected chi connectivity index (χ0v) is 19.2. The van der Waals surface area contributed by atoms with Crippen LogP contribution >= 0.6 is 11.6 Å². The van der Waals surface area contributed by atoms with Crippen molar-refractivity contribution in [2.45, 2.75) is 47.1 Å². The van der Waals surface area contributed by atoms with Gasteiger partial charge in [0.25, 0.3) is 0 Å². The van der Waals surface area contributed by atoms with Crippen LogP contribution in [0.2, 0.25) is 5.02 Å². The number of halogens is 1. The van der Waals surface area contributed by atoms with Gasteiger partial charge in [-0.15, -0.1) is 0 Å². The minimum absolute atomic E-state index is 0.125. The monoisotopic (exact) mass is 438 g/mol. The van der Waals surface area contributed by atoms with Crippen molar-refractivity contribution in [2.24, 2.45) is 0 Å². The van der Waals surface area contributed by atoms with Crippen molar-refractivity contribution < 1.29 is 9.59 Å². The van der Waals surface area contributed by atoms with E-state index >= 15 is 0 Å². The van der Waals surface area contributed by atoms with Crippen molar-refractivity contribution >= 4 is 34.8 Å². The highest BCUT2D eigenvalue weighted by molar-refractivity contribution is 6.34. The number of hydrogen-bond acceptors (Lipinski definition) is 3. The molecule has 7 heteroatoms. The summed E-state index contributed by atoms with van der Waals surface area (Å²) in [6, 6.07) is 12.5. The van der Waals surface area contributed by atoms with Gasteiger partial charge in [0.1, 0.15) is 6.04 Å². The molecule has 3 rings (SSSR count). The van der Waals surface area contributed by atoms with E-state index in [0.29, 0.717) is 16.4 Å². The lowest BCUT2D eigenvalue weighted by Crippen LogP contribution is -2.25. The molecule has 1 aromatic heterocycles. The SMILES string of the molecule is Cc1ccc(C)c(CC(=O)Nc2ccc(NC(=O)C(C)n3nc(C)cc3C)c(Cl)c2)c1. The normalized spacial score (nSPS) is 11.8. The summed E-state index contributed by atoms with van der Waals surface area (Å²) >= 11 is 6.36. The maximum atomic E-state index is 12.7. The number of amides is 2. The number of aromatic nitrogens is 2. The van der Waals surface area contributed by atoms with E-state index in [9.17, 15) is 9.59 Å². The van der Waals surface area contributed by atoms with Gasteiger partial charge < -0.3 is 10.6 Å². The van der Waals surface area contributed by atoms with Crippen LogP contribution in [0.15, 0.2) is 42.5 Å². The first-order valence-corrected chi connectivity index (χ1v) is 10.5. The molecule has 0 aliphatic rings. The number of nitrogens with one attached hydrogen (secondary N) is 2. The van der Waals surface area contributed by atoms with Gasteiger partial charge in [0, 0.05) is 11.4 Å². The van der Waals surface area contributed by atoms with Crippen LogP contribution in [-0.4, -0.2) is 21.6 Å². The van der Waals surface area contributed by atoms with Crippen LogP contribution in [0.3, 0.4) is 0 Å². The third-order valence-electron chi connectivity index (χ3n) is 5.16. The Morgan fingerprint density at radius 1 is 1.03 bits per heavy atom. The predicted molar refractivity (Wildman–Crippen MR) is 125 cm³/mol.